The van der Waals surface area contributed by atoms with Crippen LogP contribution in [0.4, 0.5) is 0 Å². The van der Waals surface area contributed by atoms with E-state index in [0.717, 1.165) is 12.5 Å². The summed E-state index contributed by atoms with van der Waals surface area (Å²) in [5, 5.41) is 0. The minimum Gasteiger partial charge on any atom is -0.330 e. The molecule has 2 heteroatoms. The fraction of sp³-hybridized carbons (Fsp3) is 1.00. The van der Waals surface area contributed by atoms with E-state index >= 15 is 0 Å². The van der Waals surface area contributed by atoms with Crippen molar-refractivity contribution in [2.24, 2.45) is 11.7 Å². The first-order valence-corrected chi connectivity index (χ1v) is 3.79. The Bertz CT molecular complexity index is 77.0. The van der Waals surface area contributed by atoms with Crippen LogP contribution in [-0.4, -0.2) is 31.1 Å². The maximum absolute atomic E-state index is 5.41. The van der Waals surface area contributed by atoms with Gasteiger partial charge in [0.1, 0.15) is 0 Å². The Balaban J connectivity index is 1.98. The summed E-state index contributed by atoms with van der Waals surface area (Å²) in [4.78, 5) is 2.44. The van der Waals surface area contributed by atoms with E-state index in [2.05, 4.69) is 11.8 Å². The zero-order valence-corrected chi connectivity index (χ0v) is 6.14. The van der Waals surface area contributed by atoms with Gasteiger partial charge in [-0.3, -0.25) is 0 Å². The monoisotopic (exact) mass is 128 g/mol. The first-order valence-electron chi connectivity index (χ1n) is 3.79. The minimum absolute atomic E-state index is 0.863. The van der Waals surface area contributed by atoms with Crippen LogP contribution in [0.15, 0.2) is 0 Å². The zero-order chi connectivity index (χ0) is 6.69. The molecule has 1 heterocycles. The Morgan fingerprint density at radius 3 is 2.67 bits per heavy atom. The lowest BCUT2D eigenvalue weighted by atomic mass is 9.97. The van der Waals surface area contributed by atoms with E-state index in [0.29, 0.717) is 0 Å². The molecule has 1 aliphatic rings. The SMILES string of the molecule is CCN1CC(CCN)C1. The standard InChI is InChI=1S/C7H16N2/c1-2-9-5-7(6-9)3-4-8/h7H,2-6,8H2,1H3. The second-order valence-electron chi connectivity index (χ2n) is 2.80. The van der Waals surface area contributed by atoms with E-state index in [1.54, 1.807) is 0 Å². The average Bonchev–Trinajstić information content (AvgIpc) is 1.77. The molecular formula is C7H16N2. The van der Waals surface area contributed by atoms with Gasteiger partial charge in [-0.05, 0) is 25.4 Å². The first kappa shape index (κ1) is 7.03. The van der Waals surface area contributed by atoms with Gasteiger partial charge in [0.2, 0.25) is 0 Å². The summed E-state index contributed by atoms with van der Waals surface area (Å²) in [6.07, 6.45) is 1.22. The van der Waals surface area contributed by atoms with Crippen LogP contribution in [0.2, 0.25) is 0 Å². The number of rotatable bonds is 3. The van der Waals surface area contributed by atoms with E-state index in [1.807, 2.05) is 0 Å². The normalized spacial score (nSPS) is 22.0. The van der Waals surface area contributed by atoms with Gasteiger partial charge >= 0.3 is 0 Å². The van der Waals surface area contributed by atoms with Crippen LogP contribution in [0.25, 0.3) is 0 Å². The number of nitrogens with zero attached hydrogens (tertiary/aromatic N) is 1. The largest absolute Gasteiger partial charge is 0.330 e. The van der Waals surface area contributed by atoms with Crippen LogP contribution in [0.5, 0.6) is 0 Å². The number of nitrogens with two attached hydrogens (primary N) is 1. The van der Waals surface area contributed by atoms with Crippen LogP contribution >= 0.6 is 0 Å². The minimum atomic E-state index is 0.863. The predicted molar refractivity (Wildman–Crippen MR) is 39.3 cm³/mol. The van der Waals surface area contributed by atoms with E-state index in [1.165, 1.54) is 26.1 Å². The molecule has 1 aliphatic heterocycles. The molecule has 2 N–H and O–H groups in total. The number of likely N-dealkylation sites (tertiary alicyclic amines) is 1. The fourth-order valence-corrected chi connectivity index (χ4v) is 1.35. The summed E-state index contributed by atoms with van der Waals surface area (Å²) < 4.78 is 0. The van der Waals surface area contributed by atoms with Crippen molar-refractivity contribution in [3.05, 3.63) is 0 Å². The molecule has 0 saturated carbocycles. The average molecular weight is 128 g/mol. The molecule has 0 aliphatic carbocycles. The molecule has 1 saturated heterocycles. The van der Waals surface area contributed by atoms with Gasteiger partial charge in [0.15, 0.2) is 0 Å². The van der Waals surface area contributed by atoms with Gasteiger partial charge in [-0.1, -0.05) is 6.92 Å². The second-order valence-corrected chi connectivity index (χ2v) is 2.80. The highest BCUT2D eigenvalue weighted by Gasteiger charge is 2.23. The van der Waals surface area contributed by atoms with Crippen LogP contribution in [0.1, 0.15) is 13.3 Å². The lowest BCUT2D eigenvalue weighted by molar-refractivity contribution is 0.103. The quantitative estimate of drug-likeness (QED) is 0.592. The molecule has 2 nitrogen and oxygen atoms in total. The van der Waals surface area contributed by atoms with Gasteiger partial charge in [0, 0.05) is 13.1 Å². The van der Waals surface area contributed by atoms with Crippen LogP contribution in [0, 0.1) is 5.92 Å². The van der Waals surface area contributed by atoms with E-state index < -0.39 is 0 Å². The van der Waals surface area contributed by atoms with Crippen molar-refractivity contribution >= 4 is 0 Å². The van der Waals surface area contributed by atoms with Crippen molar-refractivity contribution in [2.45, 2.75) is 13.3 Å². The Morgan fingerprint density at radius 1 is 1.56 bits per heavy atom. The van der Waals surface area contributed by atoms with Gasteiger partial charge in [-0.15, -0.1) is 0 Å². The van der Waals surface area contributed by atoms with Crippen molar-refractivity contribution in [1.82, 2.24) is 4.90 Å². The van der Waals surface area contributed by atoms with E-state index in [9.17, 15) is 0 Å². The highest BCUT2D eigenvalue weighted by Crippen LogP contribution is 2.16. The van der Waals surface area contributed by atoms with Crippen molar-refractivity contribution in [3.63, 3.8) is 0 Å². The van der Waals surface area contributed by atoms with Gasteiger partial charge in [-0.25, -0.2) is 0 Å². The maximum atomic E-state index is 5.41. The molecule has 0 radical (unpaired) electrons. The van der Waals surface area contributed by atoms with Crippen molar-refractivity contribution in [1.29, 1.82) is 0 Å². The molecule has 54 valence electrons. The third-order valence-electron chi connectivity index (χ3n) is 2.05. The number of hydrogen-bond donors (Lipinski definition) is 1. The Morgan fingerprint density at radius 2 is 2.22 bits per heavy atom. The highest BCUT2D eigenvalue weighted by molar-refractivity contribution is 4.78. The molecule has 0 amide bonds. The van der Waals surface area contributed by atoms with E-state index in [-0.39, 0.29) is 0 Å². The smallest absolute Gasteiger partial charge is 0.00224 e. The molecular weight excluding hydrogens is 112 g/mol. The molecule has 0 spiro atoms. The lowest BCUT2D eigenvalue weighted by Gasteiger charge is -2.38. The summed E-state index contributed by atoms with van der Waals surface area (Å²) >= 11 is 0. The molecule has 0 atom stereocenters. The van der Waals surface area contributed by atoms with Gasteiger partial charge in [-0.2, -0.15) is 0 Å². The van der Waals surface area contributed by atoms with Crippen molar-refractivity contribution in [2.75, 3.05) is 26.2 Å². The Kier molecular flexibility index (Phi) is 2.49. The maximum Gasteiger partial charge on any atom is 0.00224 e. The molecule has 0 aromatic carbocycles. The fourth-order valence-electron chi connectivity index (χ4n) is 1.35. The zero-order valence-electron chi connectivity index (χ0n) is 6.14. The molecule has 0 aromatic rings. The summed E-state index contributed by atoms with van der Waals surface area (Å²) in [7, 11) is 0. The molecule has 9 heavy (non-hydrogen) atoms. The Labute approximate surface area is 57.0 Å². The first-order chi connectivity index (χ1) is 4.36. The second kappa shape index (κ2) is 3.18. The van der Waals surface area contributed by atoms with Gasteiger partial charge in [0.25, 0.3) is 0 Å². The molecule has 0 bridgehead atoms. The summed E-state index contributed by atoms with van der Waals surface area (Å²) in [6, 6.07) is 0. The highest BCUT2D eigenvalue weighted by atomic mass is 15.2. The predicted octanol–water partition coefficient (Wildman–Crippen LogP) is 0.287. The van der Waals surface area contributed by atoms with Crippen LogP contribution < -0.4 is 5.73 Å². The van der Waals surface area contributed by atoms with Crippen LogP contribution in [0.3, 0.4) is 0 Å². The van der Waals surface area contributed by atoms with Gasteiger partial charge in [0.05, 0.1) is 0 Å². The Hall–Kier alpha value is -0.0800. The molecule has 0 aromatic heterocycles. The van der Waals surface area contributed by atoms with Gasteiger partial charge < -0.3 is 10.6 Å². The number of hydrogen-bond acceptors (Lipinski definition) is 2. The van der Waals surface area contributed by atoms with Crippen molar-refractivity contribution < 1.29 is 0 Å². The third-order valence-corrected chi connectivity index (χ3v) is 2.05. The lowest BCUT2D eigenvalue weighted by Crippen LogP contribution is -2.46. The summed E-state index contributed by atoms with van der Waals surface area (Å²) in [5.74, 6) is 0.912. The summed E-state index contributed by atoms with van der Waals surface area (Å²) in [5.41, 5.74) is 5.41. The third kappa shape index (κ3) is 1.66. The molecule has 1 rings (SSSR count). The van der Waals surface area contributed by atoms with Crippen molar-refractivity contribution in [3.8, 4) is 0 Å². The molecule has 1 fully saturated rings. The molecule has 0 unspecified atom stereocenters. The van der Waals surface area contributed by atoms with Crippen LogP contribution in [-0.2, 0) is 0 Å². The van der Waals surface area contributed by atoms with E-state index in [4.69, 9.17) is 5.73 Å². The summed E-state index contributed by atoms with van der Waals surface area (Å²) in [6.45, 7) is 6.85. The topological polar surface area (TPSA) is 29.3 Å².